The van der Waals surface area contributed by atoms with Gasteiger partial charge in [-0.3, -0.25) is 24.0 Å². The van der Waals surface area contributed by atoms with Crippen LogP contribution in [0.1, 0.15) is 63.5 Å². The molecule has 1 aliphatic rings. The summed E-state index contributed by atoms with van der Waals surface area (Å²) in [6, 6.07) is 15.5. The summed E-state index contributed by atoms with van der Waals surface area (Å²) in [5.41, 5.74) is 3.42. The Morgan fingerprint density at radius 1 is 0.780 bits per heavy atom. The van der Waals surface area contributed by atoms with Crippen LogP contribution in [0.4, 0.5) is 4.79 Å². The van der Waals surface area contributed by atoms with Crippen molar-refractivity contribution >= 4 is 35.3 Å². The van der Waals surface area contributed by atoms with E-state index in [2.05, 4.69) is 10.6 Å². The first-order valence-electron chi connectivity index (χ1n) is 13.6. The zero-order chi connectivity index (χ0) is 30.2. The molecule has 0 aliphatic heterocycles. The largest absolute Gasteiger partial charge is 0.444 e. The number of nitrogens with one attached hydrogen (secondary N) is 2. The number of benzene rings is 2. The molecule has 0 saturated heterocycles. The second-order valence-corrected chi connectivity index (χ2v) is 11.0. The summed E-state index contributed by atoms with van der Waals surface area (Å²) < 4.78 is 5.22. The molecular formula is C31H37N3O7. The molecule has 1 aliphatic carbocycles. The van der Waals surface area contributed by atoms with E-state index in [4.69, 9.17) is 4.74 Å². The van der Waals surface area contributed by atoms with E-state index in [0.717, 1.165) is 22.3 Å². The highest BCUT2D eigenvalue weighted by Crippen LogP contribution is 2.46. The van der Waals surface area contributed by atoms with E-state index in [-0.39, 0.29) is 56.3 Å². The van der Waals surface area contributed by atoms with Gasteiger partial charge in [0.1, 0.15) is 11.4 Å². The van der Waals surface area contributed by atoms with Crippen molar-refractivity contribution in [3.63, 3.8) is 0 Å². The Labute approximate surface area is 239 Å². The SMILES string of the molecule is CN(CCC(=O)CCC(=O)CNC(=O)CNC(=O)C(=O)CC1c2ccccc2-c2ccccc21)C(=O)OC(C)(C)C. The fourth-order valence-electron chi connectivity index (χ4n) is 4.49. The first kappa shape index (κ1) is 31.2. The maximum absolute atomic E-state index is 12.7. The van der Waals surface area contributed by atoms with E-state index < -0.39 is 35.8 Å². The van der Waals surface area contributed by atoms with Gasteiger partial charge in [-0.2, -0.15) is 0 Å². The molecule has 0 saturated carbocycles. The molecule has 0 bridgehead atoms. The zero-order valence-electron chi connectivity index (χ0n) is 24.0. The monoisotopic (exact) mass is 563 g/mol. The number of amides is 3. The number of hydrogen-bond acceptors (Lipinski definition) is 7. The summed E-state index contributed by atoms with van der Waals surface area (Å²) in [6.45, 7) is 4.65. The molecule has 2 aromatic carbocycles. The van der Waals surface area contributed by atoms with Crippen LogP contribution >= 0.6 is 0 Å². The maximum Gasteiger partial charge on any atom is 0.410 e. The van der Waals surface area contributed by atoms with Crippen molar-refractivity contribution < 1.29 is 33.5 Å². The number of carbonyl (C=O) groups is 6. The minimum atomic E-state index is -0.865. The Kier molecular flexibility index (Phi) is 10.5. The second kappa shape index (κ2) is 13.8. The summed E-state index contributed by atoms with van der Waals surface area (Å²) >= 11 is 0. The number of Topliss-reactive ketones (excluding diaryl/α,β-unsaturated/α-hetero) is 3. The predicted molar refractivity (Wildman–Crippen MR) is 152 cm³/mol. The number of hydrogen-bond donors (Lipinski definition) is 2. The highest BCUT2D eigenvalue weighted by atomic mass is 16.6. The summed E-state index contributed by atoms with van der Waals surface area (Å²) in [4.78, 5) is 74.7. The van der Waals surface area contributed by atoms with E-state index in [9.17, 15) is 28.8 Å². The molecular weight excluding hydrogens is 526 g/mol. The van der Waals surface area contributed by atoms with E-state index in [1.807, 2.05) is 48.5 Å². The van der Waals surface area contributed by atoms with Crippen molar-refractivity contribution in [1.29, 1.82) is 0 Å². The topological polar surface area (TPSA) is 139 Å². The molecule has 3 amide bonds. The molecule has 0 atom stereocenters. The van der Waals surface area contributed by atoms with Crippen LogP contribution in [0.15, 0.2) is 48.5 Å². The molecule has 218 valence electrons. The van der Waals surface area contributed by atoms with Crippen LogP contribution in [0.3, 0.4) is 0 Å². The molecule has 0 fully saturated rings. The lowest BCUT2D eigenvalue weighted by Crippen LogP contribution is -2.41. The average molecular weight is 564 g/mol. The quantitative estimate of drug-likeness (QED) is 0.357. The Morgan fingerprint density at radius 2 is 1.34 bits per heavy atom. The van der Waals surface area contributed by atoms with Crippen LogP contribution in [-0.4, -0.2) is 72.4 Å². The van der Waals surface area contributed by atoms with E-state index in [0.29, 0.717) is 0 Å². The van der Waals surface area contributed by atoms with Gasteiger partial charge in [-0.25, -0.2) is 4.79 Å². The van der Waals surface area contributed by atoms with Gasteiger partial charge in [-0.05, 0) is 43.0 Å². The number of carbonyl (C=O) groups excluding carboxylic acids is 6. The minimum Gasteiger partial charge on any atom is -0.444 e. The highest BCUT2D eigenvalue weighted by Gasteiger charge is 2.31. The predicted octanol–water partition coefficient (Wildman–Crippen LogP) is 3.17. The molecule has 0 radical (unpaired) electrons. The third-order valence-electron chi connectivity index (χ3n) is 6.61. The van der Waals surface area contributed by atoms with Crippen LogP contribution in [0.25, 0.3) is 11.1 Å². The molecule has 2 N–H and O–H groups in total. The minimum absolute atomic E-state index is 0.0183. The summed E-state index contributed by atoms with van der Waals surface area (Å²) in [6.07, 6.45) is -0.568. The van der Waals surface area contributed by atoms with Crippen molar-refractivity contribution in [2.45, 2.75) is 58.0 Å². The first-order chi connectivity index (χ1) is 19.4. The van der Waals surface area contributed by atoms with Crippen LogP contribution in [-0.2, 0) is 28.7 Å². The van der Waals surface area contributed by atoms with Gasteiger partial charge in [0.25, 0.3) is 5.91 Å². The van der Waals surface area contributed by atoms with E-state index in [1.165, 1.54) is 11.9 Å². The molecule has 2 aromatic rings. The first-order valence-corrected chi connectivity index (χ1v) is 13.6. The molecule has 3 rings (SSSR count). The zero-order valence-corrected chi connectivity index (χ0v) is 24.0. The van der Waals surface area contributed by atoms with Gasteiger partial charge in [0, 0.05) is 45.2 Å². The average Bonchev–Trinajstić information content (AvgIpc) is 3.24. The molecule has 0 aromatic heterocycles. The number of nitrogens with zero attached hydrogens (tertiary/aromatic N) is 1. The molecule has 0 heterocycles. The third-order valence-corrected chi connectivity index (χ3v) is 6.61. The molecule has 41 heavy (non-hydrogen) atoms. The molecule has 10 heteroatoms. The third kappa shape index (κ3) is 9.09. The standard InChI is InChI=1S/C31H37N3O7/c1-31(2,3)41-30(40)34(4)16-15-20(35)13-14-21(36)18-32-28(38)19-33-29(39)27(37)17-26-24-11-7-5-9-22(24)23-10-6-8-12-25(23)26/h5-12,26H,13-19H2,1-4H3,(H,32,38)(H,33,39). The van der Waals surface area contributed by atoms with Crippen molar-refractivity contribution in [2.24, 2.45) is 0 Å². The van der Waals surface area contributed by atoms with Gasteiger partial charge in [-0.15, -0.1) is 0 Å². The van der Waals surface area contributed by atoms with E-state index in [1.54, 1.807) is 20.8 Å². The fourth-order valence-corrected chi connectivity index (χ4v) is 4.49. The van der Waals surface area contributed by atoms with Crippen LogP contribution < -0.4 is 10.6 Å². The number of ketones is 3. The molecule has 0 spiro atoms. The van der Waals surface area contributed by atoms with Gasteiger partial charge in [0.15, 0.2) is 5.78 Å². The second-order valence-electron chi connectivity index (χ2n) is 11.0. The summed E-state index contributed by atoms with van der Waals surface area (Å²) in [7, 11) is 1.53. The lowest BCUT2D eigenvalue weighted by molar-refractivity contribution is -0.138. The van der Waals surface area contributed by atoms with Gasteiger partial charge in [0.05, 0.1) is 13.1 Å². The smallest absolute Gasteiger partial charge is 0.410 e. The lowest BCUT2D eigenvalue weighted by atomic mass is 9.91. The molecule has 10 nitrogen and oxygen atoms in total. The number of fused-ring (bicyclic) bond motifs is 3. The fraction of sp³-hybridized carbons (Fsp3) is 0.419. The van der Waals surface area contributed by atoms with Crippen molar-refractivity contribution in [3.8, 4) is 11.1 Å². The Hall–Kier alpha value is -4.34. The van der Waals surface area contributed by atoms with Crippen molar-refractivity contribution in [3.05, 3.63) is 59.7 Å². The lowest BCUT2D eigenvalue weighted by Gasteiger charge is -2.24. The maximum atomic E-state index is 12.7. The van der Waals surface area contributed by atoms with Crippen molar-refractivity contribution in [2.75, 3.05) is 26.7 Å². The van der Waals surface area contributed by atoms with Gasteiger partial charge in [-0.1, -0.05) is 48.5 Å². The van der Waals surface area contributed by atoms with E-state index >= 15 is 0 Å². The highest BCUT2D eigenvalue weighted by molar-refractivity contribution is 6.36. The number of ether oxygens (including phenoxy) is 1. The number of rotatable bonds is 13. The molecule has 0 unspecified atom stereocenters. The van der Waals surface area contributed by atoms with Gasteiger partial charge in [0.2, 0.25) is 11.7 Å². The van der Waals surface area contributed by atoms with Gasteiger partial charge >= 0.3 is 6.09 Å². The Bertz CT molecular complexity index is 1280. The summed E-state index contributed by atoms with van der Waals surface area (Å²) in [5, 5.41) is 4.71. The summed E-state index contributed by atoms with van der Waals surface area (Å²) in [5.74, 6) is -2.92. The Balaban J connectivity index is 1.34. The Morgan fingerprint density at radius 3 is 1.93 bits per heavy atom. The van der Waals surface area contributed by atoms with Crippen LogP contribution in [0, 0.1) is 0 Å². The van der Waals surface area contributed by atoms with Gasteiger partial charge < -0.3 is 20.3 Å². The van der Waals surface area contributed by atoms with Crippen LogP contribution in [0.5, 0.6) is 0 Å². The normalized spacial score (nSPS) is 12.1. The van der Waals surface area contributed by atoms with Crippen LogP contribution in [0.2, 0.25) is 0 Å². The van der Waals surface area contributed by atoms with Crippen molar-refractivity contribution in [1.82, 2.24) is 15.5 Å².